The monoisotopic (exact) mass is 299 g/mol. The van der Waals surface area contributed by atoms with Crippen molar-refractivity contribution in [3.8, 4) is 11.5 Å². The molecule has 1 aromatic carbocycles. The van der Waals surface area contributed by atoms with Gasteiger partial charge < -0.3 is 9.73 Å². The molecule has 1 fully saturated rings. The smallest absolute Gasteiger partial charge is 0.154 e. The van der Waals surface area contributed by atoms with E-state index in [-0.39, 0.29) is 0 Å². The van der Waals surface area contributed by atoms with Gasteiger partial charge in [-0.2, -0.15) is 0 Å². The molecule has 0 bridgehead atoms. The van der Waals surface area contributed by atoms with Crippen molar-refractivity contribution in [1.29, 1.82) is 0 Å². The van der Waals surface area contributed by atoms with Gasteiger partial charge in [0.1, 0.15) is 16.3 Å². The van der Waals surface area contributed by atoms with Crippen LogP contribution in [0.4, 0.5) is 0 Å². The summed E-state index contributed by atoms with van der Waals surface area (Å²) >= 11 is 1.71. The molecule has 2 aromatic heterocycles. The fraction of sp³-hybridized carbons (Fsp3) is 0.312. The molecule has 21 heavy (non-hydrogen) atoms. The van der Waals surface area contributed by atoms with Crippen LogP contribution >= 0.6 is 11.3 Å². The predicted molar refractivity (Wildman–Crippen MR) is 85.5 cm³/mol. The van der Waals surface area contributed by atoms with E-state index in [4.69, 9.17) is 9.40 Å². The van der Waals surface area contributed by atoms with E-state index < -0.39 is 0 Å². The summed E-state index contributed by atoms with van der Waals surface area (Å²) in [7, 11) is 0. The first kappa shape index (κ1) is 13.0. The van der Waals surface area contributed by atoms with Crippen molar-refractivity contribution < 1.29 is 4.42 Å². The van der Waals surface area contributed by atoms with Gasteiger partial charge in [0.25, 0.3) is 0 Å². The van der Waals surface area contributed by atoms with Crippen molar-refractivity contribution in [3.05, 3.63) is 40.7 Å². The maximum absolute atomic E-state index is 5.88. The van der Waals surface area contributed by atoms with E-state index in [2.05, 4.69) is 27.7 Å². The molecule has 0 radical (unpaired) electrons. The molecular weight excluding hydrogens is 282 g/mol. The fourth-order valence-electron chi connectivity index (χ4n) is 2.67. The minimum absolute atomic E-state index is 0.860. The van der Waals surface area contributed by atoms with Crippen LogP contribution in [0.25, 0.3) is 22.4 Å². The Morgan fingerprint density at radius 3 is 2.95 bits per heavy atom. The molecular formula is C16H17N3OS. The largest absolute Gasteiger partial charge is 0.454 e. The summed E-state index contributed by atoms with van der Waals surface area (Å²) in [5, 5.41) is 7.75. The topological polar surface area (TPSA) is 41.3 Å². The highest BCUT2D eigenvalue weighted by atomic mass is 32.1. The molecule has 108 valence electrons. The fourth-order valence-corrected chi connectivity index (χ4v) is 3.49. The molecule has 3 aromatic rings. The van der Waals surface area contributed by atoms with Gasteiger partial charge in [0, 0.05) is 36.9 Å². The van der Waals surface area contributed by atoms with E-state index in [1.807, 2.05) is 18.2 Å². The third kappa shape index (κ3) is 2.72. The van der Waals surface area contributed by atoms with Crippen molar-refractivity contribution in [1.82, 2.24) is 15.2 Å². The Hall–Kier alpha value is -1.69. The lowest BCUT2D eigenvalue weighted by Gasteiger charge is -2.26. The molecule has 3 heterocycles. The number of rotatable bonds is 3. The zero-order chi connectivity index (χ0) is 14.1. The lowest BCUT2D eigenvalue weighted by atomic mass is 10.2. The third-order valence-corrected chi connectivity index (χ3v) is 4.63. The highest BCUT2D eigenvalue weighted by Gasteiger charge is 2.14. The number of fused-ring (bicyclic) bond motifs is 1. The zero-order valence-corrected chi connectivity index (χ0v) is 12.5. The maximum Gasteiger partial charge on any atom is 0.154 e. The molecule has 1 N–H and O–H groups in total. The SMILES string of the molecule is c1ccc2oc(-c3csc(CN4CCNCC4)n3)cc2c1. The number of hydrogen-bond acceptors (Lipinski definition) is 5. The summed E-state index contributed by atoms with van der Waals surface area (Å²) in [4.78, 5) is 7.17. The van der Waals surface area contributed by atoms with Crippen LogP contribution < -0.4 is 5.32 Å². The molecule has 0 atom stereocenters. The number of thiazole rings is 1. The molecule has 1 aliphatic heterocycles. The zero-order valence-electron chi connectivity index (χ0n) is 11.7. The summed E-state index contributed by atoms with van der Waals surface area (Å²) in [6.07, 6.45) is 0. The number of furan rings is 1. The standard InChI is InChI=1S/C16H17N3OS/c1-2-4-14-12(3-1)9-15(20-14)13-11-21-16(18-13)10-19-7-5-17-6-8-19/h1-4,9,11,17H,5-8,10H2. The second-order valence-corrected chi connectivity index (χ2v) is 6.24. The summed E-state index contributed by atoms with van der Waals surface area (Å²) in [5.41, 5.74) is 1.87. The van der Waals surface area contributed by atoms with Crippen LogP contribution in [0.3, 0.4) is 0 Å². The maximum atomic E-state index is 5.88. The van der Waals surface area contributed by atoms with E-state index in [1.54, 1.807) is 11.3 Å². The summed E-state index contributed by atoms with van der Waals surface area (Å²) in [5.74, 6) is 0.860. The van der Waals surface area contributed by atoms with Gasteiger partial charge >= 0.3 is 0 Å². The number of para-hydroxylation sites is 1. The molecule has 4 rings (SSSR count). The van der Waals surface area contributed by atoms with Gasteiger partial charge in [0.05, 0.1) is 6.54 Å². The van der Waals surface area contributed by atoms with Gasteiger partial charge in [-0.05, 0) is 12.1 Å². The molecule has 1 saturated heterocycles. The Balaban J connectivity index is 1.55. The molecule has 0 unspecified atom stereocenters. The number of benzene rings is 1. The lowest BCUT2D eigenvalue weighted by Crippen LogP contribution is -2.42. The average Bonchev–Trinajstić information content (AvgIpc) is 3.14. The van der Waals surface area contributed by atoms with Crippen LogP contribution in [0.5, 0.6) is 0 Å². The van der Waals surface area contributed by atoms with Crippen molar-refractivity contribution >= 4 is 22.3 Å². The van der Waals surface area contributed by atoms with E-state index in [0.29, 0.717) is 0 Å². The second kappa shape index (κ2) is 5.60. The molecule has 5 heteroatoms. The average molecular weight is 299 g/mol. The first-order chi connectivity index (χ1) is 10.4. The summed E-state index contributed by atoms with van der Waals surface area (Å²) in [6, 6.07) is 10.1. The third-order valence-electron chi connectivity index (χ3n) is 3.80. The minimum atomic E-state index is 0.860. The molecule has 1 aliphatic rings. The van der Waals surface area contributed by atoms with Gasteiger partial charge in [-0.1, -0.05) is 18.2 Å². The number of aromatic nitrogens is 1. The number of nitrogens with one attached hydrogen (secondary N) is 1. The Bertz CT molecular complexity index is 710. The summed E-state index contributed by atoms with van der Waals surface area (Å²) in [6.45, 7) is 5.27. The molecule has 0 aliphatic carbocycles. The van der Waals surface area contributed by atoms with Crippen LogP contribution in [0.2, 0.25) is 0 Å². The Morgan fingerprint density at radius 1 is 1.24 bits per heavy atom. The quantitative estimate of drug-likeness (QED) is 0.807. The second-order valence-electron chi connectivity index (χ2n) is 5.30. The summed E-state index contributed by atoms with van der Waals surface area (Å²) < 4.78 is 5.88. The minimum Gasteiger partial charge on any atom is -0.454 e. The molecule has 0 saturated carbocycles. The van der Waals surface area contributed by atoms with E-state index in [1.165, 1.54) is 0 Å². The van der Waals surface area contributed by atoms with Crippen molar-refractivity contribution in [3.63, 3.8) is 0 Å². The van der Waals surface area contributed by atoms with Gasteiger partial charge in [0.2, 0.25) is 0 Å². The van der Waals surface area contributed by atoms with Gasteiger partial charge in [-0.15, -0.1) is 11.3 Å². The van der Waals surface area contributed by atoms with Crippen LogP contribution in [0.1, 0.15) is 5.01 Å². The first-order valence-corrected chi connectivity index (χ1v) is 8.13. The normalized spacial score (nSPS) is 16.6. The van der Waals surface area contributed by atoms with E-state index in [9.17, 15) is 0 Å². The highest BCUT2D eigenvalue weighted by molar-refractivity contribution is 7.09. The Labute approximate surface area is 127 Å². The van der Waals surface area contributed by atoms with E-state index >= 15 is 0 Å². The lowest BCUT2D eigenvalue weighted by molar-refractivity contribution is 0.233. The number of piperazine rings is 1. The first-order valence-electron chi connectivity index (χ1n) is 7.25. The predicted octanol–water partition coefficient (Wildman–Crippen LogP) is 2.96. The van der Waals surface area contributed by atoms with Gasteiger partial charge in [0.15, 0.2) is 5.76 Å². The van der Waals surface area contributed by atoms with Crippen molar-refractivity contribution in [2.75, 3.05) is 26.2 Å². The molecule has 0 amide bonds. The van der Waals surface area contributed by atoms with Crippen LogP contribution in [0.15, 0.2) is 40.1 Å². The van der Waals surface area contributed by atoms with Gasteiger partial charge in [-0.25, -0.2) is 4.98 Å². The molecule has 4 nitrogen and oxygen atoms in total. The van der Waals surface area contributed by atoms with Crippen LogP contribution in [-0.4, -0.2) is 36.1 Å². The Morgan fingerprint density at radius 2 is 2.10 bits per heavy atom. The molecule has 0 spiro atoms. The van der Waals surface area contributed by atoms with Gasteiger partial charge in [-0.3, -0.25) is 4.90 Å². The highest BCUT2D eigenvalue weighted by Crippen LogP contribution is 2.28. The number of hydrogen-bond donors (Lipinski definition) is 1. The van der Waals surface area contributed by atoms with E-state index in [0.717, 1.165) is 60.2 Å². The Kier molecular flexibility index (Phi) is 3.47. The van der Waals surface area contributed by atoms with Crippen LogP contribution in [-0.2, 0) is 6.54 Å². The van der Waals surface area contributed by atoms with Crippen molar-refractivity contribution in [2.24, 2.45) is 0 Å². The van der Waals surface area contributed by atoms with Crippen LogP contribution in [0, 0.1) is 0 Å². The number of nitrogens with zero attached hydrogens (tertiary/aromatic N) is 2. The van der Waals surface area contributed by atoms with Crippen molar-refractivity contribution in [2.45, 2.75) is 6.54 Å².